The number of amides is 2. The molecule has 0 aliphatic rings. The van der Waals surface area contributed by atoms with Crippen LogP contribution in [0.2, 0.25) is 10.0 Å². The fourth-order valence-corrected chi connectivity index (χ4v) is 4.56. The van der Waals surface area contributed by atoms with Gasteiger partial charge in [0.05, 0.1) is 10.0 Å². The highest BCUT2D eigenvalue weighted by Crippen LogP contribution is 2.34. The van der Waals surface area contributed by atoms with E-state index in [-0.39, 0.29) is 11.7 Å². The Labute approximate surface area is 193 Å². The van der Waals surface area contributed by atoms with Crippen molar-refractivity contribution < 1.29 is 14.3 Å². The lowest BCUT2D eigenvalue weighted by molar-refractivity contribution is -0.121. The summed E-state index contributed by atoms with van der Waals surface area (Å²) in [6.07, 6.45) is 0. The zero-order valence-corrected chi connectivity index (χ0v) is 19.2. The zero-order chi connectivity index (χ0) is 21.0. The van der Waals surface area contributed by atoms with Gasteiger partial charge in [-0.25, -0.2) is 0 Å². The van der Waals surface area contributed by atoms with Gasteiger partial charge in [-0.15, -0.1) is 11.3 Å². The van der Waals surface area contributed by atoms with Crippen molar-refractivity contribution in [2.24, 2.45) is 0 Å². The molecule has 0 bridgehead atoms. The molecule has 1 aromatic heterocycles. The molecular formula is C18H12BrCl2N3O3S2. The van der Waals surface area contributed by atoms with Gasteiger partial charge in [0.15, 0.2) is 11.7 Å². The second-order valence-electron chi connectivity index (χ2n) is 5.56. The molecule has 0 saturated carbocycles. The summed E-state index contributed by atoms with van der Waals surface area (Å²) in [5.74, 6) is -0.627. The monoisotopic (exact) mass is 531 g/mol. The summed E-state index contributed by atoms with van der Waals surface area (Å²) in [6.45, 7) is -0.306. The van der Waals surface area contributed by atoms with Crippen molar-refractivity contribution in [2.45, 2.75) is 0 Å². The topological polar surface area (TPSA) is 79.5 Å². The molecule has 1 heterocycles. The van der Waals surface area contributed by atoms with Crippen molar-refractivity contribution in [2.75, 3.05) is 6.61 Å². The van der Waals surface area contributed by atoms with Gasteiger partial charge in [-0.2, -0.15) is 0 Å². The van der Waals surface area contributed by atoms with Gasteiger partial charge >= 0.3 is 0 Å². The molecule has 0 spiro atoms. The highest BCUT2D eigenvalue weighted by atomic mass is 79.9. The van der Waals surface area contributed by atoms with Crippen molar-refractivity contribution in [1.29, 1.82) is 0 Å². The van der Waals surface area contributed by atoms with Crippen LogP contribution in [0.3, 0.4) is 0 Å². The van der Waals surface area contributed by atoms with Crippen molar-refractivity contribution in [1.82, 2.24) is 16.2 Å². The average Bonchev–Trinajstić information content (AvgIpc) is 3.02. The maximum Gasteiger partial charge on any atom is 0.281 e. The molecule has 0 fully saturated rings. The molecule has 3 N–H and O–H groups in total. The van der Waals surface area contributed by atoms with Gasteiger partial charge in [-0.05, 0) is 36.5 Å². The Bertz CT molecular complexity index is 1110. The summed E-state index contributed by atoms with van der Waals surface area (Å²) < 4.78 is 7.03. The number of thiocarbonyl (C=S) groups is 1. The minimum atomic E-state index is -0.518. The van der Waals surface area contributed by atoms with E-state index in [0.717, 1.165) is 14.6 Å². The average molecular weight is 533 g/mol. The van der Waals surface area contributed by atoms with Gasteiger partial charge < -0.3 is 4.74 Å². The Balaban J connectivity index is 1.49. The number of carbonyl (C=O) groups excluding carboxylic acids is 2. The summed E-state index contributed by atoms with van der Waals surface area (Å²) in [7, 11) is 0. The van der Waals surface area contributed by atoms with Crippen LogP contribution >= 0.6 is 62.7 Å². The van der Waals surface area contributed by atoms with Crippen LogP contribution in [-0.2, 0) is 4.79 Å². The van der Waals surface area contributed by atoms with E-state index in [4.69, 9.17) is 40.2 Å². The van der Waals surface area contributed by atoms with E-state index >= 15 is 0 Å². The number of thiophene rings is 1. The van der Waals surface area contributed by atoms with E-state index in [1.807, 2.05) is 24.3 Å². The van der Waals surface area contributed by atoms with Crippen molar-refractivity contribution in [3.8, 4) is 5.75 Å². The molecule has 29 heavy (non-hydrogen) atoms. The van der Waals surface area contributed by atoms with Crippen LogP contribution in [0, 0.1) is 0 Å². The highest BCUT2D eigenvalue weighted by molar-refractivity contribution is 9.10. The first-order valence-corrected chi connectivity index (χ1v) is 10.8. The summed E-state index contributed by atoms with van der Waals surface area (Å²) in [6, 6.07) is 12.4. The fraction of sp³-hybridized carbons (Fsp3) is 0.0556. The SMILES string of the molecule is O=C(COc1ccc(Br)cc1Cl)NC(=S)NNC(=O)c1sc2ccccc2c1Cl. The number of benzene rings is 2. The first-order valence-electron chi connectivity index (χ1n) is 8.00. The van der Waals surface area contributed by atoms with Gasteiger partial charge in [0, 0.05) is 14.6 Å². The predicted octanol–water partition coefficient (Wildman–Crippen LogP) is 4.69. The number of carbonyl (C=O) groups is 2. The van der Waals surface area contributed by atoms with E-state index in [9.17, 15) is 9.59 Å². The Morgan fingerprint density at radius 3 is 2.62 bits per heavy atom. The normalized spacial score (nSPS) is 10.4. The van der Waals surface area contributed by atoms with Crippen LogP contribution in [-0.4, -0.2) is 23.5 Å². The van der Waals surface area contributed by atoms with E-state index in [0.29, 0.717) is 20.7 Å². The molecule has 0 unspecified atom stereocenters. The van der Waals surface area contributed by atoms with Gasteiger partial charge in [0.25, 0.3) is 11.8 Å². The predicted molar refractivity (Wildman–Crippen MR) is 123 cm³/mol. The molecule has 2 amide bonds. The molecule has 0 aliphatic carbocycles. The lowest BCUT2D eigenvalue weighted by Gasteiger charge is -2.11. The third-order valence-corrected chi connectivity index (χ3v) is 6.20. The quantitative estimate of drug-likeness (QED) is 0.335. The van der Waals surface area contributed by atoms with Crippen LogP contribution < -0.4 is 20.9 Å². The Morgan fingerprint density at radius 2 is 1.90 bits per heavy atom. The largest absolute Gasteiger partial charge is 0.482 e. The van der Waals surface area contributed by atoms with Crippen LogP contribution in [0.15, 0.2) is 46.9 Å². The first-order chi connectivity index (χ1) is 13.8. The maximum absolute atomic E-state index is 12.3. The number of hydrogen-bond donors (Lipinski definition) is 3. The molecule has 2 aromatic carbocycles. The molecule has 11 heteroatoms. The Hall–Kier alpha value is -1.91. The smallest absolute Gasteiger partial charge is 0.281 e. The highest BCUT2D eigenvalue weighted by Gasteiger charge is 2.17. The Kier molecular flexibility index (Phi) is 7.31. The standard InChI is InChI=1S/C18H12BrCl2N3O3S2/c19-9-5-6-12(11(20)7-9)27-8-14(25)22-18(28)24-23-17(26)16-15(21)10-3-1-2-4-13(10)29-16/h1-7H,8H2,(H,23,26)(H2,22,24,25,28). The van der Waals surface area contributed by atoms with Gasteiger partial charge in [-0.3, -0.25) is 25.8 Å². The number of nitrogens with one attached hydrogen (secondary N) is 3. The van der Waals surface area contributed by atoms with E-state index in [1.54, 1.807) is 18.2 Å². The number of hydrazine groups is 1. The number of rotatable bonds is 4. The number of hydrogen-bond acceptors (Lipinski definition) is 5. The van der Waals surface area contributed by atoms with Gasteiger partial charge in [0.2, 0.25) is 0 Å². The van der Waals surface area contributed by atoms with Crippen molar-refractivity contribution >= 4 is 89.7 Å². The molecule has 3 rings (SSSR count). The molecule has 6 nitrogen and oxygen atoms in total. The third kappa shape index (κ3) is 5.58. The third-order valence-electron chi connectivity index (χ3n) is 3.54. The zero-order valence-electron chi connectivity index (χ0n) is 14.4. The lowest BCUT2D eigenvalue weighted by Crippen LogP contribution is -2.49. The van der Waals surface area contributed by atoms with Crippen LogP contribution in [0.5, 0.6) is 5.75 Å². The second-order valence-corrected chi connectivity index (χ2v) is 8.72. The van der Waals surface area contributed by atoms with E-state index in [2.05, 4.69) is 32.1 Å². The van der Waals surface area contributed by atoms with E-state index < -0.39 is 11.8 Å². The Morgan fingerprint density at radius 1 is 1.14 bits per heavy atom. The van der Waals surface area contributed by atoms with Gasteiger partial charge in [0.1, 0.15) is 10.6 Å². The minimum absolute atomic E-state index is 0.0916. The van der Waals surface area contributed by atoms with Crippen molar-refractivity contribution in [3.63, 3.8) is 0 Å². The molecular weight excluding hydrogens is 521 g/mol. The van der Waals surface area contributed by atoms with Crippen LogP contribution in [0.25, 0.3) is 10.1 Å². The molecule has 0 saturated heterocycles. The van der Waals surface area contributed by atoms with Crippen molar-refractivity contribution in [3.05, 3.63) is 61.9 Å². The molecule has 0 atom stereocenters. The second kappa shape index (κ2) is 9.73. The number of halogens is 3. The molecule has 150 valence electrons. The minimum Gasteiger partial charge on any atom is -0.482 e. The van der Waals surface area contributed by atoms with Crippen LogP contribution in [0.4, 0.5) is 0 Å². The van der Waals surface area contributed by atoms with E-state index in [1.165, 1.54) is 11.3 Å². The summed E-state index contributed by atoms with van der Waals surface area (Å²) in [5, 5.41) is 3.81. The molecule has 0 aliphatic heterocycles. The maximum atomic E-state index is 12.3. The first kappa shape index (κ1) is 21.8. The van der Waals surface area contributed by atoms with Gasteiger partial charge in [-0.1, -0.05) is 57.3 Å². The summed E-state index contributed by atoms with van der Waals surface area (Å²) in [5.41, 5.74) is 4.87. The summed E-state index contributed by atoms with van der Waals surface area (Å²) in [4.78, 5) is 24.6. The fourth-order valence-electron chi connectivity index (χ4n) is 2.26. The number of fused-ring (bicyclic) bond motifs is 1. The van der Waals surface area contributed by atoms with Crippen LogP contribution in [0.1, 0.15) is 9.67 Å². The number of ether oxygens (including phenoxy) is 1. The molecule has 0 radical (unpaired) electrons. The lowest BCUT2D eigenvalue weighted by atomic mass is 10.2. The molecule has 3 aromatic rings. The summed E-state index contributed by atoms with van der Waals surface area (Å²) >= 11 is 21.8.